The predicted molar refractivity (Wildman–Crippen MR) is 84.3 cm³/mol. The van der Waals surface area contributed by atoms with E-state index in [1.807, 2.05) is 24.3 Å². The van der Waals surface area contributed by atoms with Crippen molar-refractivity contribution in [3.63, 3.8) is 0 Å². The third kappa shape index (κ3) is 5.76. The van der Waals surface area contributed by atoms with Gasteiger partial charge < -0.3 is 15.2 Å². The summed E-state index contributed by atoms with van der Waals surface area (Å²) in [7, 11) is 1.75. The van der Waals surface area contributed by atoms with Gasteiger partial charge in [0.05, 0.1) is 13.2 Å². The van der Waals surface area contributed by atoms with Gasteiger partial charge in [-0.1, -0.05) is 11.8 Å². The second kappa shape index (κ2) is 8.68. The molecule has 0 heterocycles. The van der Waals surface area contributed by atoms with Crippen LogP contribution in [0.3, 0.4) is 0 Å². The first-order valence-corrected chi connectivity index (χ1v) is 7.48. The lowest BCUT2D eigenvalue weighted by Gasteiger charge is -2.21. The van der Waals surface area contributed by atoms with Crippen molar-refractivity contribution < 1.29 is 9.47 Å². The van der Waals surface area contributed by atoms with Crippen LogP contribution in [-0.4, -0.2) is 50.9 Å². The molecule has 0 aliphatic heterocycles. The Morgan fingerprint density at radius 2 is 1.90 bits per heavy atom. The van der Waals surface area contributed by atoms with Crippen LogP contribution in [0.15, 0.2) is 24.3 Å². The fourth-order valence-electron chi connectivity index (χ4n) is 2.19. The second-order valence-electron chi connectivity index (χ2n) is 5.14. The molecule has 0 unspecified atom stereocenters. The molecule has 0 amide bonds. The number of ether oxygens (including phenoxy) is 2. The highest BCUT2D eigenvalue weighted by molar-refractivity contribution is 5.38. The van der Waals surface area contributed by atoms with Crippen molar-refractivity contribution in [2.75, 3.05) is 40.0 Å². The first kappa shape index (κ1) is 15.8. The maximum absolute atomic E-state index is 5.80. The number of rotatable bonds is 8. The summed E-state index contributed by atoms with van der Waals surface area (Å²) < 4.78 is 11.0. The number of methoxy groups -OCH3 is 1. The van der Waals surface area contributed by atoms with Crippen molar-refractivity contribution in [3.05, 3.63) is 29.8 Å². The topological polar surface area (TPSA) is 47.7 Å². The Labute approximate surface area is 127 Å². The average molecular weight is 288 g/mol. The minimum absolute atomic E-state index is 0.386. The Hall–Kier alpha value is -1.54. The highest BCUT2D eigenvalue weighted by atomic mass is 16.5. The van der Waals surface area contributed by atoms with Crippen LogP contribution in [0.1, 0.15) is 18.4 Å². The van der Waals surface area contributed by atoms with Gasteiger partial charge in [-0.2, -0.15) is 0 Å². The van der Waals surface area contributed by atoms with E-state index in [-0.39, 0.29) is 0 Å². The number of nitrogens with zero attached hydrogens (tertiary/aromatic N) is 1. The summed E-state index contributed by atoms with van der Waals surface area (Å²) >= 11 is 0. The molecular weight excluding hydrogens is 264 g/mol. The molecule has 1 fully saturated rings. The zero-order valence-electron chi connectivity index (χ0n) is 12.7. The fourth-order valence-corrected chi connectivity index (χ4v) is 2.19. The van der Waals surface area contributed by atoms with Gasteiger partial charge >= 0.3 is 0 Å². The molecule has 0 radical (unpaired) electrons. The van der Waals surface area contributed by atoms with E-state index in [0.717, 1.165) is 37.1 Å². The predicted octanol–water partition coefficient (Wildman–Crippen LogP) is 1.49. The monoisotopic (exact) mass is 288 g/mol. The lowest BCUT2D eigenvalue weighted by molar-refractivity contribution is 0.130. The molecule has 2 N–H and O–H groups in total. The summed E-state index contributed by atoms with van der Waals surface area (Å²) in [4.78, 5) is 2.45. The molecule has 0 spiro atoms. The van der Waals surface area contributed by atoms with E-state index in [9.17, 15) is 0 Å². The van der Waals surface area contributed by atoms with Crippen LogP contribution in [-0.2, 0) is 4.74 Å². The van der Waals surface area contributed by atoms with Gasteiger partial charge in [0, 0.05) is 31.8 Å². The molecule has 0 bridgehead atoms. The SMILES string of the molecule is COCCN(CCOc1ccc(C#CCN)cc1)C1CC1. The minimum Gasteiger partial charge on any atom is -0.492 e. The van der Waals surface area contributed by atoms with Crippen LogP contribution in [0.25, 0.3) is 0 Å². The largest absolute Gasteiger partial charge is 0.492 e. The summed E-state index contributed by atoms with van der Waals surface area (Å²) in [6.45, 7) is 3.80. The normalized spacial score (nSPS) is 13.9. The fraction of sp³-hybridized carbons (Fsp3) is 0.529. The minimum atomic E-state index is 0.386. The Balaban J connectivity index is 1.74. The van der Waals surface area contributed by atoms with Gasteiger partial charge in [-0.05, 0) is 37.1 Å². The molecule has 1 saturated carbocycles. The van der Waals surface area contributed by atoms with Crippen LogP contribution in [0, 0.1) is 11.8 Å². The zero-order valence-corrected chi connectivity index (χ0v) is 12.7. The molecule has 4 heteroatoms. The zero-order chi connectivity index (χ0) is 14.9. The maximum atomic E-state index is 5.80. The third-order valence-corrected chi connectivity index (χ3v) is 3.48. The third-order valence-electron chi connectivity index (χ3n) is 3.48. The van der Waals surface area contributed by atoms with E-state index >= 15 is 0 Å². The van der Waals surface area contributed by atoms with Crippen molar-refractivity contribution in [1.82, 2.24) is 4.90 Å². The summed E-state index contributed by atoms with van der Waals surface area (Å²) in [5.41, 5.74) is 6.32. The van der Waals surface area contributed by atoms with Crippen molar-refractivity contribution in [1.29, 1.82) is 0 Å². The second-order valence-corrected chi connectivity index (χ2v) is 5.14. The van der Waals surface area contributed by atoms with Gasteiger partial charge in [-0.15, -0.1) is 0 Å². The quantitative estimate of drug-likeness (QED) is 0.736. The van der Waals surface area contributed by atoms with Crippen molar-refractivity contribution in [2.45, 2.75) is 18.9 Å². The van der Waals surface area contributed by atoms with Crippen LogP contribution in [0.5, 0.6) is 5.75 Å². The number of hydrogen-bond donors (Lipinski definition) is 1. The van der Waals surface area contributed by atoms with Crippen LogP contribution in [0.2, 0.25) is 0 Å². The van der Waals surface area contributed by atoms with Gasteiger partial charge in [0.15, 0.2) is 0 Å². The Morgan fingerprint density at radius 1 is 1.19 bits per heavy atom. The first-order valence-electron chi connectivity index (χ1n) is 7.48. The average Bonchev–Trinajstić information content (AvgIpc) is 3.34. The Morgan fingerprint density at radius 3 is 2.52 bits per heavy atom. The summed E-state index contributed by atoms with van der Waals surface area (Å²) in [6.07, 6.45) is 2.61. The van der Waals surface area contributed by atoms with E-state index < -0.39 is 0 Å². The number of nitrogens with two attached hydrogens (primary N) is 1. The van der Waals surface area contributed by atoms with Gasteiger partial charge in [-0.3, -0.25) is 4.90 Å². The molecule has 4 nitrogen and oxygen atoms in total. The lowest BCUT2D eigenvalue weighted by atomic mass is 10.2. The Kier molecular flexibility index (Phi) is 6.55. The molecule has 1 aromatic rings. The van der Waals surface area contributed by atoms with Crippen LogP contribution in [0.4, 0.5) is 0 Å². The van der Waals surface area contributed by atoms with Crippen molar-refractivity contribution >= 4 is 0 Å². The number of benzene rings is 1. The van der Waals surface area contributed by atoms with E-state index in [0.29, 0.717) is 13.2 Å². The molecular formula is C17H24N2O2. The van der Waals surface area contributed by atoms with Gasteiger partial charge in [0.1, 0.15) is 12.4 Å². The summed E-state index contributed by atoms with van der Waals surface area (Å²) in [5.74, 6) is 6.72. The van der Waals surface area contributed by atoms with E-state index in [1.165, 1.54) is 12.8 Å². The van der Waals surface area contributed by atoms with Gasteiger partial charge in [-0.25, -0.2) is 0 Å². The van der Waals surface area contributed by atoms with E-state index in [1.54, 1.807) is 7.11 Å². The highest BCUT2D eigenvalue weighted by Crippen LogP contribution is 2.26. The molecule has 1 aromatic carbocycles. The number of hydrogen-bond acceptors (Lipinski definition) is 4. The lowest BCUT2D eigenvalue weighted by Crippen LogP contribution is -2.33. The molecule has 0 aromatic heterocycles. The van der Waals surface area contributed by atoms with Crippen molar-refractivity contribution in [2.24, 2.45) is 5.73 Å². The van der Waals surface area contributed by atoms with Crippen molar-refractivity contribution in [3.8, 4) is 17.6 Å². The molecule has 0 atom stereocenters. The van der Waals surface area contributed by atoms with Gasteiger partial charge in [0.25, 0.3) is 0 Å². The van der Waals surface area contributed by atoms with E-state index in [2.05, 4.69) is 16.7 Å². The molecule has 1 aliphatic rings. The highest BCUT2D eigenvalue weighted by Gasteiger charge is 2.28. The Bertz CT molecular complexity index is 472. The summed E-state index contributed by atoms with van der Waals surface area (Å²) in [5, 5.41) is 0. The van der Waals surface area contributed by atoms with Gasteiger partial charge in [0.2, 0.25) is 0 Å². The van der Waals surface area contributed by atoms with E-state index in [4.69, 9.17) is 15.2 Å². The molecule has 0 saturated heterocycles. The first-order chi connectivity index (χ1) is 10.3. The molecule has 21 heavy (non-hydrogen) atoms. The maximum Gasteiger partial charge on any atom is 0.119 e. The molecule has 114 valence electrons. The van der Waals surface area contributed by atoms with Crippen LogP contribution >= 0.6 is 0 Å². The standard InChI is InChI=1S/C17H24N2O2/c1-20-13-11-19(16-6-7-16)12-14-21-17-8-4-15(5-9-17)3-2-10-18/h4-5,8-9,16H,6-7,10-14,18H2,1H3. The molecule has 2 rings (SSSR count). The summed E-state index contributed by atoms with van der Waals surface area (Å²) in [6, 6.07) is 8.56. The smallest absolute Gasteiger partial charge is 0.119 e. The molecule has 1 aliphatic carbocycles. The van der Waals surface area contributed by atoms with Crippen LogP contribution < -0.4 is 10.5 Å².